The summed E-state index contributed by atoms with van der Waals surface area (Å²) < 4.78 is 2.94. The van der Waals surface area contributed by atoms with Gasteiger partial charge in [0.15, 0.2) is 0 Å². The van der Waals surface area contributed by atoms with Crippen LogP contribution < -0.4 is 5.32 Å². The van der Waals surface area contributed by atoms with E-state index in [1.165, 1.54) is 17.8 Å². The van der Waals surface area contributed by atoms with Gasteiger partial charge >= 0.3 is 5.69 Å². The van der Waals surface area contributed by atoms with Crippen molar-refractivity contribution in [3.05, 3.63) is 68.7 Å². The monoisotopic (exact) mass is 374 g/mol. The third kappa shape index (κ3) is 3.57. The van der Waals surface area contributed by atoms with Gasteiger partial charge in [-0.1, -0.05) is 23.7 Å². The first-order valence-electron chi connectivity index (χ1n) is 7.61. The summed E-state index contributed by atoms with van der Waals surface area (Å²) in [6, 6.07) is 7.32. The van der Waals surface area contributed by atoms with Gasteiger partial charge in [0.1, 0.15) is 5.69 Å². The molecule has 2 heterocycles. The summed E-state index contributed by atoms with van der Waals surface area (Å²) in [5, 5.41) is 22.5. The molecule has 0 fully saturated rings. The molecule has 1 N–H and O–H groups in total. The molecule has 0 saturated carbocycles. The van der Waals surface area contributed by atoms with E-state index in [2.05, 4.69) is 15.5 Å². The lowest BCUT2D eigenvalue weighted by Gasteiger charge is -2.02. The van der Waals surface area contributed by atoms with Crippen molar-refractivity contribution in [2.45, 2.75) is 13.5 Å². The second-order valence-corrected chi connectivity index (χ2v) is 6.11. The van der Waals surface area contributed by atoms with Crippen LogP contribution in [0.25, 0.3) is 0 Å². The Labute approximate surface area is 153 Å². The largest absolute Gasteiger partial charge is 0.322 e. The summed E-state index contributed by atoms with van der Waals surface area (Å²) in [7, 11) is 1.54. The average molecular weight is 375 g/mol. The molecule has 0 radical (unpaired) electrons. The Morgan fingerprint density at radius 1 is 1.35 bits per heavy atom. The van der Waals surface area contributed by atoms with Crippen molar-refractivity contribution in [2.24, 2.45) is 7.05 Å². The molecular formula is C16H15ClN6O3. The van der Waals surface area contributed by atoms with Gasteiger partial charge in [0, 0.05) is 18.3 Å². The Hall–Kier alpha value is -3.20. The molecular weight excluding hydrogens is 360 g/mol. The number of carbonyl (C=O) groups excluding carboxylic acids is 1. The molecule has 0 atom stereocenters. The molecule has 10 heteroatoms. The molecule has 3 aromatic rings. The number of anilines is 1. The van der Waals surface area contributed by atoms with E-state index in [0.717, 1.165) is 5.56 Å². The van der Waals surface area contributed by atoms with Crippen molar-refractivity contribution in [3.63, 3.8) is 0 Å². The first kappa shape index (κ1) is 17.6. The smallest absolute Gasteiger partial charge is 0.318 e. The second kappa shape index (κ2) is 6.96. The van der Waals surface area contributed by atoms with E-state index in [1.807, 2.05) is 12.1 Å². The van der Waals surface area contributed by atoms with Gasteiger partial charge in [-0.3, -0.25) is 24.3 Å². The van der Waals surface area contributed by atoms with Crippen LogP contribution in [-0.2, 0) is 13.6 Å². The fourth-order valence-corrected chi connectivity index (χ4v) is 2.58. The highest BCUT2D eigenvalue weighted by Gasteiger charge is 2.29. The maximum absolute atomic E-state index is 12.4. The standard InChI is InChI=1S/C16H15ClN6O3/c1-10-15(23(25)26)14(20-21(10)2)16(24)19-13-7-18-22(9-13)8-11-3-5-12(17)6-4-11/h3-7,9H,8H2,1-2H3,(H,19,24). The fourth-order valence-electron chi connectivity index (χ4n) is 2.45. The van der Waals surface area contributed by atoms with E-state index in [0.29, 0.717) is 22.9 Å². The molecule has 1 amide bonds. The molecule has 0 aliphatic rings. The van der Waals surface area contributed by atoms with Gasteiger partial charge < -0.3 is 5.32 Å². The summed E-state index contributed by atoms with van der Waals surface area (Å²) in [5.74, 6) is -0.661. The highest BCUT2D eigenvalue weighted by atomic mass is 35.5. The zero-order valence-corrected chi connectivity index (χ0v) is 14.8. The Morgan fingerprint density at radius 2 is 2.04 bits per heavy atom. The highest BCUT2D eigenvalue weighted by Crippen LogP contribution is 2.23. The number of nitro groups is 1. The van der Waals surface area contributed by atoms with Gasteiger partial charge in [0.25, 0.3) is 5.91 Å². The van der Waals surface area contributed by atoms with Crippen LogP contribution in [0.3, 0.4) is 0 Å². The Bertz CT molecular complexity index is 977. The molecule has 0 unspecified atom stereocenters. The van der Waals surface area contributed by atoms with Gasteiger partial charge in [-0.05, 0) is 24.6 Å². The van der Waals surface area contributed by atoms with Crippen molar-refractivity contribution in [3.8, 4) is 0 Å². The minimum absolute atomic E-state index is 0.236. The van der Waals surface area contributed by atoms with Crippen LogP contribution in [0.4, 0.5) is 11.4 Å². The minimum atomic E-state index is -0.661. The number of hydrogen-bond acceptors (Lipinski definition) is 5. The number of hydrogen-bond donors (Lipinski definition) is 1. The normalized spacial score (nSPS) is 10.7. The molecule has 9 nitrogen and oxygen atoms in total. The third-order valence-corrected chi connectivity index (χ3v) is 4.10. The molecule has 26 heavy (non-hydrogen) atoms. The van der Waals surface area contributed by atoms with Crippen LogP contribution >= 0.6 is 11.6 Å². The van der Waals surface area contributed by atoms with E-state index < -0.39 is 10.8 Å². The number of rotatable bonds is 5. The lowest BCUT2D eigenvalue weighted by molar-refractivity contribution is -0.385. The molecule has 0 bridgehead atoms. The third-order valence-electron chi connectivity index (χ3n) is 3.85. The van der Waals surface area contributed by atoms with Crippen LogP contribution in [0, 0.1) is 17.0 Å². The highest BCUT2D eigenvalue weighted by molar-refractivity contribution is 6.30. The fraction of sp³-hybridized carbons (Fsp3) is 0.188. The van der Waals surface area contributed by atoms with E-state index in [4.69, 9.17) is 11.6 Å². The summed E-state index contributed by atoms with van der Waals surface area (Å²) in [6.45, 7) is 2.03. The van der Waals surface area contributed by atoms with Crippen LogP contribution in [0.2, 0.25) is 5.02 Å². The van der Waals surface area contributed by atoms with Crippen LogP contribution in [0.15, 0.2) is 36.7 Å². The summed E-state index contributed by atoms with van der Waals surface area (Å²) in [4.78, 5) is 22.9. The minimum Gasteiger partial charge on any atom is -0.318 e. The zero-order valence-electron chi connectivity index (χ0n) is 14.0. The maximum atomic E-state index is 12.4. The number of halogens is 1. The number of amides is 1. The first-order valence-corrected chi connectivity index (χ1v) is 7.99. The summed E-state index contributed by atoms with van der Waals surface area (Å²) in [5.41, 5.74) is 1.17. The quantitative estimate of drug-likeness (QED) is 0.545. The van der Waals surface area contributed by atoms with Gasteiger partial charge in [0.05, 0.1) is 23.4 Å². The molecule has 0 aliphatic heterocycles. The molecule has 1 aromatic carbocycles. The zero-order chi connectivity index (χ0) is 18.8. The first-order chi connectivity index (χ1) is 12.3. The molecule has 3 rings (SSSR count). The van der Waals surface area contributed by atoms with Gasteiger partial charge in [-0.2, -0.15) is 10.2 Å². The number of aryl methyl sites for hydroxylation is 1. The molecule has 0 spiro atoms. The lowest BCUT2D eigenvalue weighted by Crippen LogP contribution is -2.14. The van der Waals surface area contributed by atoms with E-state index in [1.54, 1.807) is 30.1 Å². The number of nitrogens with one attached hydrogen (secondary N) is 1. The average Bonchev–Trinajstić information content (AvgIpc) is 3.14. The van der Waals surface area contributed by atoms with Crippen molar-refractivity contribution in [1.29, 1.82) is 0 Å². The van der Waals surface area contributed by atoms with E-state index in [9.17, 15) is 14.9 Å². The Morgan fingerprint density at radius 3 is 2.69 bits per heavy atom. The van der Waals surface area contributed by atoms with Crippen LogP contribution in [-0.4, -0.2) is 30.4 Å². The van der Waals surface area contributed by atoms with Crippen molar-refractivity contribution >= 4 is 28.9 Å². The lowest BCUT2D eigenvalue weighted by atomic mass is 10.2. The van der Waals surface area contributed by atoms with E-state index in [-0.39, 0.29) is 11.4 Å². The van der Waals surface area contributed by atoms with E-state index >= 15 is 0 Å². The van der Waals surface area contributed by atoms with Crippen LogP contribution in [0.5, 0.6) is 0 Å². The number of aromatic nitrogens is 4. The molecule has 0 saturated heterocycles. The van der Waals surface area contributed by atoms with Crippen LogP contribution in [0.1, 0.15) is 21.7 Å². The summed E-state index contributed by atoms with van der Waals surface area (Å²) in [6.07, 6.45) is 3.10. The maximum Gasteiger partial charge on any atom is 0.322 e. The van der Waals surface area contributed by atoms with Gasteiger partial charge in [-0.25, -0.2) is 0 Å². The number of benzene rings is 1. The van der Waals surface area contributed by atoms with Gasteiger partial charge in [0.2, 0.25) is 5.69 Å². The Kier molecular flexibility index (Phi) is 4.72. The molecule has 134 valence electrons. The van der Waals surface area contributed by atoms with Crippen molar-refractivity contribution < 1.29 is 9.72 Å². The number of carbonyl (C=O) groups is 1. The molecule has 0 aliphatic carbocycles. The van der Waals surface area contributed by atoms with Crippen molar-refractivity contribution in [1.82, 2.24) is 19.6 Å². The number of nitrogens with zero attached hydrogens (tertiary/aromatic N) is 5. The summed E-state index contributed by atoms with van der Waals surface area (Å²) >= 11 is 5.86. The topological polar surface area (TPSA) is 108 Å². The molecule has 2 aromatic heterocycles. The van der Waals surface area contributed by atoms with Gasteiger partial charge in [-0.15, -0.1) is 0 Å². The predicted octanol–water partition coefficient (Wildman–Crippen LogP) is 2.79. The Balaban J connectivity index is 1.75. The van der Waals surface area contributed by atoms with Crippen molar-refractivity contribution in [2.75, 3.05) is 5.32 Å². The SMILES string of the molecule is Cc1c([N+](=O)[O-])c(C(=O)Nc2cnn(Cc3ccc(Cl)cc3)c2)nn1C. The predicted molar refractivity (Wildman–Crippen MR) is 95.3 cm³/mol. The second-order valence-electron chi connectivity index (χ2n) is 5.67.